The first-order chi connectivity index (χ1) is 20.2. The quantitative estimate of drug-likeness (QED) is 0.145. The van der Waals surface area contributed by atoms with Crippen molar-refractivity contribution < 1.29 is 14.6 Å². The van der Waals surface area contributed by atoms with Crippen LogP contribution >= 0.6 is 0 Å². The highest BCUT2D eigenvalue weighted by atomic mass is 16.5. The number of carbonyl (C=O) groups is 1. The van der Waals surface area contributed by atoms with Crippen LogP contribution in [0.3, 0.4) is 0 Å². The lowest BCUT2D eigenvalue weighted by Gasteiger charge is -2.25. The van der Waals surface area contributed by atoms with Crippen LogP contribution in [0.5, 0.6) is 5.75 Å². The summed E-state index contributed by atoms with van der Waals surface area (Å²) in [6.07, 6.45) is 13.2. The molecular weight excluding hydrogens is 522 g/mol. The van der Waals surface area contributed by atoms with E-state index in [2.05, 4.69) is 61.9 Å². The SMILES string of the molecule is COc1ccc(C(=O)N[C@@H](Cc2ccccc2)[C@H](O)CNC2CC2)cc1NC/C=C(\C)CC/C=C(\C)CCC=C(C)C. The lowest BCUT2D eigenvalue weighted by molar-refractivity contribution is 0.0830. The van der Waals surface area contributed by atoms with Gasteiger partial charge in [0.1, 0.15) is 5.75 Å². The Morgan fingerprint density at radius 2 is 1.67 bits per heavy atom. The van der Waals surface area contributed by atoms with Gasteiger partial charge in [-0.3, -0.25) is 4.79 Å². The summed E-state index contributed by atoms with van der Waals surface area (Å²) in [5, 5.41) is 20.9. The van der Waals surface area contributed by atoms with Gasteiger partial charge < -0.3 is 25.8 Å². The van der Waals surface area contributed by atoms with Crippen molar-refractivity contribution in [2.75, 3.05) is 25.5 Å². The van der Waals surface area contributed by atoms with E-state index in [1.165, 1.54) is 16.7 Å². The van der Waals surface area contributed by atoms with E-state index >= 15 is 0 Å². The molecule has 3 rings (SSSR count). The summed E-state index contributed by atoms with van der Waals surface area (Å²) >= 11 is 0. The van der Waals surface area contributed by atoms with E-state index in [-0.39, 0.29) is 5.91 Å². The minimum absolute atomic E-state index is 0.217. The summed E-state index contributed by atoms with van der Waals surface area (Å²) in [5.74, 6) is 0.465. The number of nitrogens with one attached hydrogen (secondary N) is 3. The van der Waals surface area contributed by atoms with Crippen molar-refractivity contribution in [2.45, 2.75) is 90.8 Å². The van der Waals surface area contributed by atoms with Crippen molar-refractivity contribution in [3.05, 3.63) is 94.6 Å². The fraction of sp³-hybridized carbons (Fsp3) is 0.472. The largest absolute Gasteiger partial charge is 0.495 e. The minimum Gasteiger partial charge on any atom is -0.495 e. The number of methoxy groups -OCH3 is 1. The summed E-state index contributed by atoms with van der Waals surface area (Å²) in [5.41, 5.74) is 6.49. The molecule has 0 spiro atoms. The van der Waals surface area contributed by atoms with E-state index in [1.807, 2.05) is 42.5 Å². The number of carbonyl (C=O) groups excluding carboxylic acids is 1. The fourth-order valence-electron chi connectivity index (χ4n) is 4.78. The highest BCUT2D eigenvalue weighted by Gasteiger charge is 2.26. The lowest BCUT2D eigenvalue weighted by atomic mass is 10.0. The van der Waals surface area contributed by atoms with Crippen LogP contribution in [0.1, 0.15) is 82.1 Å². The topological polar surface area (TPSA) is 82.6 Å². The van der Waals surface area contributed by atoms with E-state index in [1.54, 1.807) is 13.2 Å². The van der Waals surface area contributed by atoms with E-state index in [0.29, 0.717) is 36.9 Å². The molecule has 4 N–H and O–H groups in total. The van der Waals surface area contributed by atoms with Crippen LogP contribution in [-0.4, -0.2) is 49.4 Å². The molecule has 1 aliphatic rings. The zero-order chi connectivity index (χ0) is 30.3. The summed E-state index contributed by atoms with van der Waals surface area (Å²) in [4.78, 5) is 13.4. The van der Waals surface area contributed by atoms with Gasteiger partial charge in [-0.15, -0.1) is 0 Å². The standard InChI is InChI=1S/C36H51N3O3/c1-26(2)11-9-12-27(3)13-10-14-28(4)21-22-37-33-24-30(17-20-35(33)42-5)36(41)39-32(23-29-15-7-6-8-16-29)34(40)25-38-31-18-19-31/h6-8,11,13,15-17,20-21,24,31-32,34,37-38,40H,9-10,12,14,18-19,22-23,25H2,1-5H3,(H,39,41)/b27-13+,28-21+/t32-,34+/m0/s1. The Kier molecular flexibility index (Phi) is 13.9. The molecule has 1 fully saturated rings. The first-order valence-electron chi connectivity index (χ1n) is 15.4. The average molecular weight is 574 g/mol. The fourth-order valence-corrected chi connectivity index (χ4v) is 4.78. The molecule has 2 aromatic carbocycles. The molecule has 6 nitrogen and oxygen atoms in total. The Morgan fingerprint density at radius 3 is 2.33 bits per heavy atom. The summed E-state index contributed by atoms with van der Waals surface area (Å²) < 4.78 is 5.56. The highest BCUT2D eigenvalue weighted by Crippen LogP contribution is 2.26. The van der Waals surface area contributed by atoms with E-state index in [4.69, 9.17) is 4.74 Å². The van der Waals surface area contributed by atoms with Crippen molar-refractivity contribution >= 4 is 11.6 Å². The first kappa shape index (κ1) is 33.2. The number of anilines is 1. The molecule has 228 valence electrons. The molecule has 42 heavy (non-hydrogen) atoms. The van der Waals surface area contributed by atoms with Crippen LogP contribution in [0.25, 0.3) is 0 Å². The molecule has 6 heteroatoms. The van der Waals surface area contributed by atoms with Crippen LogP contribution in [0.2, 0.25) is 0 Å². The zero-order valence-corrected chi connectivity index (χ0v) is 26.2. The van der Waals surface area contributed by atoms with E-state index in [9.17, 15) is 9.90 Å². The normalized spacial score (nSPS) is 15.1. The van der Waals surface area contributed by atoms with Crippen molar-refractivity contribution in [2.24, 2.45) is 0 Å². The number of ether oxygens (including phenoxy) is 1. The number of hydrogen-bond acceptors (Lipinski definition) is 5. The van der Waals surface area contributed by atoms with Gasteiger partial charge in [-0.1, -0.05) is 65.3 Å². The molecule has 0 bridgehead atoms. The smallest absolute Gasteiger partial charge is 0.251 e. The third-order valence-electron chi connectivity index (χ3n) is 7.60. The molecule has 0 aromatic heterocycles. The van der Waals surface area contributed by atoms with E-state index in [0.717, 1.165) is 49.8 Å². The zero-order valence-electron chi connectivity index (χ0n) is 26.2. The lowest BCUT2D eigenvalue weighted by Crippen LogP contribution is -2.49. The highest BCUT2D eigenvalue weighted by molar-refractivity contribution is 5.96. The van der Waals surface area contributed by atoms with Crippen molar-refractivity contribution in [3.63, 3.8) is 0 Å². The molecular formula is C36H51N3O3. The van der Waals surface area contributed by atoms with Gasteiger partial charge in [0.15, 0.2) is 0 Å². The van der Waals surface area contributed by atoms with Crippen LogP contribution < -0.4 is 20.7 Å². The van der Waals surface area contributed by atoms with Gasteiger partial charge in [0.05, 0.1) is 24.9 Å². The maximum absolute atomic E-state index is 13.4. The Hall–Kier alpha value is -3.35. The van der Waals surface area contributed by atoms with Gasteiger partial charge in [-0.25, -0.2) is 0 Å². The Morgan fingerprint density at radius 1 is 0.976 bits per heavy atom. The molecule has 0 radical (unpaired) electrons. The average Bonchev–Trinajstić information content (AvgIpc) is 3.80. The van der Waals surface area contributed by atoms with Gasteiger partial charge in [0.2, 0.25) is 0 Å². The number of rotatable bonds is 18. The molecule has 1 amide bonds. The van der Waals surface area contributed by atoms with E-state index < -0.39 is 12.1 Å². The van der Waals surface area contributed by atoms with Gasteiger partial charge in [-0.05, 0) is 96.4 Å². The van der Waals surface area contributed by atoms with Crippen LogP contribution in [0.4, 0.5) is 5.69 Å². The summed E-state index contributed by atoms with van der Waals surface area (Å²) in [6, 6.07) is 15.4. The number of benzene rings is 2. The number of amides is 1. The van der Waals surface area contributed by atoms with Crippen molar-refractivity contribution in [1.29, 1.82) is 0 Å². The number of allylic oxidation sites excluding steroid dienone is 5. The van der Waals surface area contributed by atoms with Gasteiger partial charge in [0, 0.05) is 24.7 Å². The molecule has 2 aromatic rings. The first-order valence-corrected chi connectivity index (χ1v) is 15.4. The van der Waals surface area contributed by atoms with Gasteiger partial charge in [0.25, 0.3) is 5.91 Å². The van der Waals surface area contributed by atoms with Crippen molar-refractivity contribution in [3.8, 4) is 5.75 Å². The number of hydrogen-bond donors (Lipinski definition) is 4. The molecule has 0 heterocycles. The third kappa shape index (κ3) is 12.3. The molecule has 1 saturated carbocycles. The molecule has 1 aliphatic carbocycles. The number of aliphatic hydroxyl groups excluding tert-OH is 1. The second-order valence-corrected chi connectivity index (χ2v) is 11.8. The van der Waals surface area contributed by atoms with Crippen LogP contribution in [0, 0.1) is 0 Å². The maximum Gasteiger partial charge on any atom is 0.251 e. The molecule has 0 saturated heterocycles. The minimum atomic E-state index is -0.699. The Balaban J connectivity index is 1.58. The molecule has 2 atom stereocenters. The monoisotopic (exact) mass is 573 g/mol. The molecule has 0 unspecified atom stereocenters. The summed E-state index contributed by atoms with van der Waals surface area (Å²) in [7, 11) is 1.63. The predicted octanol–water partition coefficient (Wildman–Crippen LogP) is 6.98. The number of aliphatic hydroxyl groups is 1. The maximum atomic E-state index is 13.4. The Bertz CT molecular complexity index is 1210. The second-order valence-electron chi connectivity index (χ2n) is 11.8. The molecule has 0 aliphatic heterocycles. The summed E-state index contributed by atoms with van der Waals surface area (Å²) in [6.45, 7) is 9.75. The predicted molar refractivity (Wildman–Crippen MR) is 175 cm³/mol. The van der Waals surface area contributed by atoms with Crippen molar-refractivity contribution in [1.82, 2.24) is 10.6 Å². The van der Waals surface area contributed by atoms with Crippen LogP contribution in [0.15, 0.2) is 83.5 Å². The van der Waals surface area contributed by atoms with Gasteiger partial charge in [-0.2, -0.15) is 0 Å². The second kappa shape index (κ2) is 17.6. The van der Waals surface area contributed by atoms with Gasteiger partial charge >= 0.3 is 0 Å². The van der Waals surface area contributed by atoms with Crippen LogP contribution in [-0.2, 0) is 6.42 Å². The third-order valence-corrected chi connectivity index (χ3v) is 7.60. The Labute approximate surface area is 253 Å².